The Hall–Kier alpha value is -5.50. The summed E-state index contributed by atoms with van der Waals surface area (Å²) in [7, 11) is 0. The Bertz CT molecular complexity index is 2120. The minimum Gasteiger partial charge on any atom is -0.328 e. The van der Waals surface area contributed by atoms with Crippen molar-refractivity contribution in [3.63, 3.8) is 0 Å². The number of rotatable bonds is 22. The van der Waals surface area contributed by atoms with Crippen LogP contribution in [0.25, 0.3) is 36.5 Å². The minimum atomic E-state index is 0.227. The van der Waals surface area contributed by atoms with Gasteiger partial charge in [-0.25, -0.2) is 0 Å². The van der Waals surface area contributed by atoms with E-state index in [1.807, 2.05) is 0 Å². The molecule has 0 aliphatic heterocycles. The Balaban J connectivity index is 1.04. The van der Waals surface area contributed by atoms with Crippen LogP contribution in [-0.4, -0.2) is 6.04 Å². The highest BCUT2D eigenvalue weighted by Gasteiger charge is 2.16. The molecule has 0 saturated heterocycles. The highest BCUT2D eigenvalue weighted by molar-refractivity contribution is 5.71. The van der Waals surface area contributed by atoms with Crippen LogP contribution >= 0.6 is 0 Å². The summed E-state index contributed by atoms with van der Waals surface area (Å²) in [5, 5.41) is 0. The van der Waals surface area contributed by atoms with Gasteiger partial charge in [-0.15, -0.1) is 0 Å². The molecule has 1 heteroatoms. The largest absolute Gasteiger partial charge is 0.328 e. The molecule has 0 radical (unpaired) electrons. The lowest BCUT2D eigenvalue weighted by Gasteiger charge is -2.21. The summed E-state index contributed by atoms with van der Waals surface area (Å²) >= 11 is 0. The summed E-state index contributed by atoms with van der Waals surface area (Å²) in [6, 6.07) is 59.7. The van der Waals surface area contributed by atoms with Crippen molar-refractivity contribution in [1.82, 2.24) is 0 Å². The fourth-order valence-electron chi connectivity index (χ4n) is 8.17. The third-order valence-electron chi connectivity index (χ3n) is 11.9. The second-order valence-electron chi connectivity index (χ2n) is 16.7. The summed E-state index contributed by atoms with van der Waals surface area (Å²) < 4.78 is 0. The molecule has 1 nitrogen and oxygen atoms in total. The van der Waals surface area contributed by atoms with Crippen LogP contribution in [0, 0.1) is 0 Å². The fourth-order valence-corrected chi connectivity index (χ4v) is 8.17. The molecule has 0 fully saturated rings. The number of unbranched alkanes of at least 4 members (excludes halogenated alkanes) is 2. The third-order valence-corrected chi connectivity index (χ3v) is 11.9. The normalized spacial score (nSPS) is 13.9. The lowest BCUT2D eigenvalue weighted by Crippen LogP contribution is -2.16. The average Bonchev–Trinajstić information content (AvgIpc) is 3.29. The summed E-state index contributed by atoms with van der Waals surface area (Å²) in [5.74, 6) is 1.67. The van der Waals surface area contributed by atoms with Crippen molar-refractivity contribution in [3.05, 3.63) is 214 Å². The fraction of sp³-hybridized carbons (Fsp3) is 0.276. The smallest absolute Gasteiger partial charge is 0.00106 e. The van der Waals surface area contributed by atoms with E-state index in [4.69, 9.17) is 5.73 Å². The van der Waals surface area contributed by atoms with Gasteiger partial charge >= 0.3 is 0 Å². The van der Waals surface area contributed by atoms with Crippen molar-refractivity contribution < 1.29 is 0 Å². The molecule has 59 heavy (non-hydrogen) atoms. The molecule has 6 aromatic rings. The van der Waals surface area contributed by atoms with Crippen LogP contribution in [0.2, 0.25) is 0 Å². The maximum Gasteiger partial charge on any atom is 0.00106 e. The van der Waals surface area contributed by atoms with E-state index in [0.717, 1.165) is 12.8 Å². The SMILES string of the molecule is CC(N)CCC(CCCCC(CCCCC(C)c1ccc(C=Cc2ccccc2)cc1)c1ccc(C=Cc2ccccc2)cc1)c1ccc(C=Cc2ccccc2)cc1. The van der Waals surface area contributed by atoms with E-state index in [9.17, 15) is 0 Å². The van der Waals surface area contributed by atoms with Gasteiger partial charge in [0.2, 0.25) is 0 Å². The first kappa shape index (κ1) is 43.1. The molecule has 0 saturated carbocycles. The molecule has 6 aromatic carbocycles. The number of hydrogen-bond acceptors (Lipinski definition) is 1. The predicted octanol–water partition coefficient (Wildman–Crippen LogP) is 16.1. The number of hydrogen-bond donors (Lipinski definition) is 1. The van der Waals surface area contributed by atoms with Crippen LogP contribution in [-0.2, 0) is 0 Å². The molecule has 0 aliphatic rings. The van der Waals surface area contributed by atoms with E-state index in [1.54, 1.807) is 0 Å². The molecule has 0 aromatic heterocycles. The van der Waals surface area contributed by atoms with E-state index in [1.165, 1.54) is 101 Å². The highest BCUT2D eigenvalue weighted by Crippen LogP contribution is 2.33. The second kappa shape index (κ2) is 23.8. The molecular formula is C58H65N. The highest BCUT2D eigenvalue weighted by atomic mass is 14.6. The van der Waals surface area contributed by atoms with Crippen LogP contribution in [0.15, 0.2) is 164 Å². The van der Waals surface area contributed by atoms with Gasteiger partial charge in [0.15, 0.2) is 0 Å². The topological polar surface area (TPSA) is 26.0 Å². The first-order valence-electron chi connectivity index (χ1n) is 22.2. The predicted molar refractivity (Wildman–Crippen MR) is 259 cm³/mol. The van der Waals surface area contributed by atoms with Crippen molar-refractivity contribution in [2.75, 3.05) is 0 Å². The minimum absolute atomic E-state index is 0.227. The lowest BCUT2D eigenvalue weighted by atomic mass is 9.84. The summed E-state index contributed by atoms with van der Waals surface area (Å²) in [5.41, 5.74) is 18.1. The number of nitrogens with two attached hydrogens (primary N) is 1. The summed E-state index contributed by atoms with van der Waals surface area (Å²) in [6.07, 6.45) is 25.3. The van der Waals surface area contributed by atoms with Crippen molar-refractivity contribution in [2.24, 2.45) is 5.73 Å². The van der Waals surface area contributed by atoms with Crippen LogP contribution in [0.4, 0.5) is 0 Å². The van der Waals surface area contributed by atoms with Gasteiger partial charge < -0.3 is 5.73 Å². The monoisotopic (exact) mass is 776 g/mol. The van der Waals surface area contributed by atoms with Gasteiger partial charge in [0.25, 0.3) is 0 Å². The Morgan fingerprint density at radius 2 is 0.610 bits per heavy atom. The molecule has 0 spiro atoms. The molecule has 6 rings (SSSR count). The van der Waals surface area contributed by atoms with E-state index < -0.39 is 0 Å². The Morgan fingerprint density at radius 3 is 0.949 bits per heavy atom. The lowest BCUT2D eigenvalue weighted by molar-refractivity contribution is 0.460. The van der Waals surface area contributed by atoms with Gasteiger partial charge in [-0.1, -0.05) is 233 Å². The quantitative estimate of drug-likeness (QED) is 0.0539. The zero-order chi connectivity index (χ0) is 40.9. The third kappa shape index (κ3) is 15.0. The molecule has 4 atom stereocenters. The van der Waals surface area contributed by atoms with E-state index in [0.29, 0.717) is 17.8 Å². The van der Waals surface area contributed by atoms with Crippen LogP contribution in [0.1, 0.15) is 146 Å². The van der Waals surface area contributed by atoms with Gasteiger partial charge in [-0.2, -0.15) is 0 Å². The molecule has 4 unspecified atom stereocenters. The van der Waals surface area contributed by atoms with Crippen LogP contribution in [0.3, 0.4) is 0 Å². The Labute approximate surface area is 356 Å². The van der Waals surface area contributed by atoms with Gasteiger partial charge in [-0.3, -0.25) is 0 Å². The zero-order valence-electron chi connectivity index (χ0n) is 35.5. The maximum atomic E-state index is 6.28. The van der Waals surface area contributed by atoms with Gasteiger partial charge in [0.1, 0.15) is 0 Å². The molecule has 302 valence electrons. The number of benzene rings is 6. The van der Waals surface area contributed by atoms with Crippen LogP contribution < -0.4 is 5.73 Å². The van der Waals surface area contributed by atoms with Crippen molar-refractivity contribution in [1.29, 1.82) is 0 Å². The van der Waals surface area contributed by atoms with E-state index in [-0.39, 0.29) is 6.04 Å². The van der Waals surface area contributed by atoms with Crippen molar-refractivity contribution >= 4 is 36.5 Å². The molecule has 2 N–H and O–H groups in total. The molecule has 0 bridgehead atoms. The first-order valence-corrected chi connectivity index (χ1v) is 22.2. The van der Waals surface area contributed by atoms with Gasteiger partial charge in [0.05, 0.1) is 0 Å². The summed E-state index contributed by atoms with van der Waals surface area (Å²) in [4.78, 5) is 0. The molecule has 0 amide bonds. The average molecular weight is 776 g/mol. The Morgan fingerprint density at radius 1 is 0.322 bits per heavy atom. The van der Waals surface area contributed by atoms with E-state index >= 15 is 0 Å². The Kier molecular flexibility index (Phi) is 17.4. The van der Waals surface area contributed by atoms with E-state index in [2.05, 4.69) is 214 Å². The molecular weight excluding hydrogens is 711 g/mol. The zero-order valence-corrected chi connectivity index (χ0v) is 35.5. The summed E-state index contributed by atoms with van der Waals surface area (Å²) in [6.45, 7) is 4.54. The molecule has 0 aliphatic carbocycles. The van der Waals surface area contributed by atoms with Gasteiger partial charge in [-0.05, 0) is 113 Å². The van der Waals surface area contributed by atoms with Crippen molar-refractivity contribution in [3.8, 4) is 0 Å². The molecule has 0 heterocycles. The first-order chi connectivity index (χ1) is 29.0. The van der Waals surface area contributed by atoms with Gasteiger partial charge in [0, 0.05) is 6.04 Å². The van der Waals surface area contributed by atoms with Crippen molar-refractivity contribution in [2.45, 2.75) is 102 Å². The maximum absolute atomic E-state index is 6.28. The standard InChI is InChI=1S/C58H65N/c1-46(54-40-33-51(34-41-54)30-27-48-17-6-3-7-18-48)16-12-13-23-55(57-42-35-52(36-43-57)31-28-49-19-8-4-9-20-49)24-14-15-25-56(39-26-47(2)59)58-44-37-53(38-45-58)32-29-50-21-10-5-11-22-50/h3-11,17-22,27-38,40-47,55-56H,12-16,23-26,39,59H2,1-2H3. The second-order valence-corrected chi connectivity index (χ2v) is 16.7. The van der Waals surface area contributed by atoms with Crippen LogP contribution in [0.5, 0.6) is 0 Å².